The highest BCUT2D eigenvalue weighted by molar-refractivity contribution is 5.31. The van der Waals surface area contributed by atoms with E-state index in [0.717, 1.165) is 11.5 Å². The van der Waals surface area contributed by atoms with Crippen LogP contribution < -0.4 is 4.74 Å². The average Bonchev–Trinajstić information content (AvgIpc) is 2.19. The van der Waals surface area contributed by atoms with Crippen molar-refractivity contribution in [1.29, 1.82) is 0 Å². The van der Waals surface area contributed by atoms with Crippen LogP contribution in [-0.2, 0) is 0 Å². The summed E-state index contributed by atoms with van der Waals surface area (Å²) < 4.78 is 5.60. The molecule has 1 heterocycles. The lowest BCUT2D eigenvalue weighted by Crippen LogP contribution is -1.84. The second-order valence-electron chi connectivity index (χ2n) is 3.11. The summed E-state index contributed by atoms with van der Waals surface area (Å²) in [5, 5.41) is 0. The molecule has 70 valence electrons. The molecule has 2 nitrogen and oxygen atoms in total. The molecule has 0 aliphatic rings. The maximum Gasteiger partial charge on any atom is 0.145 e. The number of pyridine rings is 1. The van der Waals surface area contributed by atoms with E-state index in [9.17, 15) is 0 Å². The first kappa shape index (κ1) is 8.75. The zero-order chi connectivity index (χ0) is 9.80. The van der Waals surface area contributed by atoms with Gasteiger partial charge in [0.1, 0.15) is 11.5 Å². The average molecular weight is 185 g/mol. The van der Waals surface area contributed by atoms with Crippen molar-refractivity contribution in [3.8, 4) is 11.5 Å². The Balaban J connectivity index is 2.19. The molecule has 0 atom stereocenters. The second-order valence-corrected chi connectivity index (χ2v) is 3.11. The third-order valence-corrected chi connectivity index (χ3v) is 1.86. The van der Waals surface area contributed by atoms with Gasteiger partial charge < -0.3 is 4.74 Å². The van der Waals surface area contributed by atoms with Crippen LogP contribution in [0.2, 0.25) is 0 Å². The van der Waals surface area contributed by atoms with E-state index in [1.54, 1.807) is 12.4 Å². The van der Waals surface area contributed by atoms with Crippen molar-refractivity contribution in [3.63, 3.8) is 0 Å². The maximum atomic E-state index is 5.60. The topological polar surface area (TPSA) is 22.1 Å². The van der Waals surface area contributed by atoms with E-state index in [-0.39, 0.29) is 0 Å². The lowest BCUT2D eigenvalue weighted by Gasteiger charge is -2.04. The molecule has 0 N–H and O–H groups in total. The van der Waals surface area contributed by atoms with Crippen molar-refractivity contribution in [1.82, 2.24) is 4.98 Å². The van der Waals surface area contributed by atoms with Gasteiger partial charge in [-0.3, -0.25) is 4.98 Å². The molecule has 0 saturated heterocycles. The summed E-state index contributed by atoms with van der Waals surface area (Å²) in [6.45, 7) is 2.04. The van der Waals surface area contributed by atoms with Gasteiger partial charge in [0.15, 0.2) is 0 Å². The van der Waals surface area contributed by atoms with E-state index in [2.05, 4.69) is 4.98 Å². The van der Waals surface area contributed by atoms with Gasteiger partial charge in [0.05, 0.1) is 6.20 Å². The molecule has 0 spiro atoms. The van der Waals surface area contributed by atoms with Gasteiger partial charge in [-0.25, -0.2) is 0 Å². The quantitative estimate of drug-likeness (QED) is 0.716. The fraction of sp³-hybridized carbons (Fsp3) is 0.0833. The first-order valence-electron chi connectivity index (χ1n) is 4.49. The number of ether oxygens (including phenoxy) is 1. The van der Waals surface area contributed by atoms with Crippen LogP contribution in [0.3, 0.4) is 0 Å². The van der Waals surface area contributed by atoms with E-state index in [4.69, 9.17) is 4.74 Å². The van der Waals surface area contributed by atoms with Crippen molar-refractivity contribution in [2.75, 3.05) is 0 Å². The van der Waals surface area contributed by atoms with E-state index >= 15 is 0 Å². The first-order chi connectivity index (χ1) is 6.84. The minimum atomic E-state index is 0.762. The highest BCUT2D eigenvalue weighted by Gasteiger charge is 1.95. The summed E-state index contributed by atoms with van der Waals surface area (Å²) in [6, 6.07) is 11.7. The standard InChI is InChI=1S/C12H11NO/c1-10-4-2-5-11(8-10)14-12-6-3-7-13-9-12/h2-9H,1H3. The van der Waals surface area contributed by atoms with Crippen LogP contribution >= 0.6 is 0 Å². The highest BCUT2D eigenvalue weighted by atomic mass is 16.5. The molecule has 0 saturated carbocycles. The lowest BCUT2D eigenvalue weighted by atomic mass is 10.2. The zero-order valence-corrected chi connectivity index (χ0v) is 7.97. The third-order valence-electron chi connectivity index (χ3n) is 1.86. The van der Waals surface area contributed by atoms with Crippen molar-refractivity contribution >= 4 is 0 Å². The summed E-state index contributed by atoms with van der Waals surface area (Å²) in [6.07, 6.45) is 3.42. The maximum absolute atomic E-state index is 5.60. The highest BCUT2D eigenvalue weighted by Crippen LogP contribution is 2.20. The minimum absolute atomic E-state index is 0.762. The summed E-state index contributed by atoms with van der Waals surface area (Å²) in [5.74, 6) is 1.61. The number of nitrogens with zero attached hydrogens (tertiary/aromatic N) is 1. The zero-order valence-electron chi connectivity index (χ0n) is 7.97. The fourth-order valence-corrected chi connectivity index (χ4v) is 1.22. The monoisotopic (exact) mass is 185 g/mol. The number of aryl methyl sites for hydroxylation is 1. The van der Waals surface area contributed by atoms with Crippen LogP contribution in [0.5, 0.6) is 11.5 Å². The molecular formula is C12H11NO. The third kappa shape index (κ3) is 2.10. The fourth-order valence-electron chi connectivity index (χ4n) is 1.22. The Morgan fingerprint density at radius 2 is 1.93 bits per heavy atom. The molecular weight excluding hydrogens is 174 g/mol. The summed E-state index contributed by atoms with van der Waals surface area (Å²) in [7, 11) is 0. The molecule has 0 radical (unpaired) electrons. The molecule has 0 unspecified atom stereocenters. The van der Waals surface area contributed by atoms with Crippen LogP contribution in [0.25, 0.3) is 0 Å². The van der Waals surface area contributed by atoms with E-state index in [1.165, 1.54) is 5.56 Å². The Kier molecular flexibility index (Phi) is 2.45. The molecule has 14 heavy (non-hydrogen) atoms. The van der Waals surface area contributed by atoms with Gasteiger partial charge in [-0.15, -0.1) is 0 Å². The van der Waals surface area contributed by atoms with Crippen molar-refractivity contribution in [2.24, 2.45) is 0 Å². The molecule has 0 aliphatic heterocycles. The van der Waals surface area contributed by atoms with Crippen molar-refractivity contribution in [3.05, 3.63) is 54.4 Å². The molecule has 2 heteroatoms. The van der Waals surface area contributed by atoms with Crippen LogP contribution in [0.15, 0.2) is 48.8 Å². The number of rotatable bonds is 2. The number of hydrogen-bond acceptors (Lipinski definition) is 2. The van der Waals surface area contributed by atoms with E-state index < -0.39 is 0 Å². The molecule has 1 aromatic heterocycles. The Bertz CT molecular complexity index is 412. The van der Waals surface area contributed by atoms with Gasteiger partial charge in [-0.1, -0.05) is 12.1 Å². The summed E-state index contributed by atoms with van der Waals surface area (Å²) in [4.78, 5) is 3.98. The largest absolute Gasteiger partial charge is 0.456 e. The normalized spacial score (nSPS) is 9.79. The number of hydrogen-bond donors (Lipinski definition) is 0. The second kappa shape index (κ2) is 3.92. The predicted molar refractivity (Wildman–Crippen MR) is 55.5 cm³/mol. The van der Waals surface area contributed by atoms with Gasteiger partial charge >= 0.3 is 0 Å². The van der Waals surface area contributed by atoms with E-state index in [0.29, 0.717) is 0 Å². The summed E-state index contributed by atoms with van der Waals surface area (Å²) >= 11 is 0. The van der Waals surface area contributed by atoms with Gasteiger partial charge in [-0.05, 0) is 36.8 Å². The van der Waals surface area contributed by atoms with Crippen LogP contribution in [0, 0.1) is 6.92 Å². The Morgan fingerprint density at radius 3 is 2.64 bits per heavy atom. The minimum Gasteiger partial charge on any atom is -0.456 e. The molecule has 1 aromatic carbocycles. The van der Waals surface area contributed by atoms with Crippen LogP contribution in [0.4, 0.5) is 0 Å². The Labute approximate surface area is 83.2 Å². The number of benzene rings is 1. The molecule has 2 rings (SSSR count). The van der Waals surface area contributed by atoms with Gasteiger partial charge in [0, 0.05) is 6.20 Å². The van der Waals surface area contributed by atoms with Crippen molar-refractivity contribution < 1.29 is 4.74 Å². The SMILES string of the molecule is Cc1cccc(Oc2cccnc2)c1. The number of aromatic nitrogens is 1. The predicted octanol–water partition coefficient (Wildman–Crippen LogP) is 3.18. The first-order valence-corrected chi connectivity index (χ1v) is 4.49. The van der Waals surface area contributed by atoms with Gasteiger partial charge in [-0.2, -0.15) is 0 Å². The molecule has 2 aromatic rings. The molecule has 0 bridgehead atoms. The Hall–Kier alpha value is -1.83. The smallest absolute Gasteiger partial charge is 0.145 e. The van der Waals surface area contributed by atoms with Crippen molar-refractivity contribution in [2.45, 2.75) is 6.92 Å². The summed E-state index contributed by atoms with van der Waals surface area (Å²) in [5.41, 5.74) is 1.19. The van der Waals surface area contributed by atoms with Crippen LogP contribution in [0.1, 0.15) is 5.56 Å². The Morgan fingerprint density at radius 1 is 1.07 bits per heavy atom. The van der Waals surface area contributed by atoms with Gasteiger partial charge in [0.25, 0.3) is 0 Å². The molecule has 0 amide bonds. The van der Waals surface area contributed by atoms with E-state index in [1.807, 2.05) is 43.3 Å². The van der Waals surface area contributed by atoms with Crippen LogP contribution in [-0.4, -0.2) is 4.98 Å². The van der Waals surface area contributed by atoms with Gasteiger partial charge in [0.2, 0.25) is 0 Å². The molecule has 0 aliphatic carbocycles. The molecule has 0 fully saturated rings. The lowest BCUT2D eigenvalue weighted by molar-refractivity contribution is 0.480.